The number of benzene rings is 2. The fraction of sp³-hybridized carbons (Fsp3) is 0.393. The normalized spacial score (nSPS) is 15.1. The summed E-state index contributed by atoms with van der Waals surface area (Å²) in [6.45, 7) is 3.46. The van der Waals surface area contributed by atoms with Gasteiger partial charge in [0.2, 0.25) is 0 Å². The van der Waals surface area contributed by atoms with Crippen LogP contribution in [0.4, 0.5) is 0 Å². The van der Waals surface area contributed by atoms with Gasteiger partial charge in [0, 0.05) is 57.5 Å². The number of carbonyl (C=O) groups excluding carboxylic acids is 3. The van der Waals surface area contributed by atoms with Crippen molar-refractivity contribution in [1.82, 2.24) is 15.1 Å². The molecule has 8 heteroatoms. The number of rotatable bonds is 9. The van der Waals surface area contributed by atoms with Crippen molar-refractivity contribution in [2.24, 2.45) is 0 Å². The van der Waals surface area contributed by atoms with E-state index in [-0.39, 0.29) is 0 Å². The molecular formula is C28H33N3O5. The summed E-state index contributed by atoms with van der Waals surface area (Å²) >= 11 is 0. The van der Waals surface area contributed by atoms with E-state index < -0.39 is 29.7 Å². The molecule has 1 atom stereocenters. The highest BCUT2D eigenvalue weighted by Gasteiger charge is 2.46. The third kappa shape index (κ3) is 6.00. The minimum Gasteiger partial charge on any atom is -0.388 e. The quantitative estimate of drug-likeness (QED) is 0.403. The van der Waals surface area contributed by atoms with Crippen LogP contribution in [0.3, 0.4) is 0 Å². The summed E-state index contributed by atoms with van der Waals surface area (Å²) in [5.74, 6) is 4.26. The van der Waals surface area contributed by atoms with Crippen LogP contribution in [0.25, 0.3) is 0 Å². The molecule has 190 valence electrons. The largest absolute Gasteiger partial charge is 0.388 e. The van der Waals surface area contributed by atoms with Crippen LogP contribution in [-0.2, 0) is 20.7 Å². The van der Waals surface area contributed by atoms with Crippen LogP contribution in [0.1, 0.15) is 34.0 Å². The van der Waals surface area contributed by atoms with Crippen LogP contribution < -0.4 is 5.32 Å². The topological polar surface area (TPSA) is 99.2 Å². The van der Waals surface area contributed by atoms with Crippen molar-refractivity contribution in [1.29, 1.82) is 0 Å². The summed E-state index contributed by atoms with van der Waals surface area (Å²) < 4.78 is 5.30. The molecule has 36 heavy (non-hydrogen) atoms. The standard InChI is InChI=1S/C28H33N3O5/c1-28(25(33)19-32,27(35)29-2)30(3)26(34)23-13-11-21(12-14-23)6-5-20-7-9-22(10-8-20)15-16-31-17-24(18-31)36-4/h7-14,24,32H,15-19H2,1-4H3,(H,29,35)/t28-/m1/s1. The lowest BCUT2D eigenvalue weighted by atomic mass is 9.92. The molecule has 0 saturated carbocycles. The molecule has 2 N–H and O–H groups in total. The first-order valence-electron chi connectivity index (χ1n) is 11.8. The number of hydrogen-bond donors (Lipinski definition) is 2. The minimum atomic E-state index is -1.83. The maximum absolute atomic E-state index is 13.0. The van der Waals surface area contributed by atoms with Gasteiger partial charge in [0.05, 0.1) is 6.10 Å². The Kier molecular flexibility index (Phi) is 8.99. The molecule has 1 aliphatic heterocycles. The second-order valence-corrected chi connectivity index (χ2v) is 8.99. The van der Waals surface area contributed by atoms with Gasteiger partial charge in [-0.2, -0.15) is 0 Å². The summed E-state index contributed by atoms with van der Waals surface area (Å²) in [6.07, 6.45) is 1.35. The summed E-state index contributed by atoms with van der Waals surface area (Å²) in [5, 5.41) is 11.7. The number of ether oxygens (including phenoxy) is 1. The number of nitrogens with zero attached hydrogens (tertiary/aromatic N) is 2. The highest BCUT2D eigenvalue weighted by atomic mass is 16.5. The Balaban J connectivity index is 1.62. The van der Waals surface area contributed by atoms with E-state index in [9.17, 15) is 19.5 Å². The van der Waals surface area contributed by atoms with E-state index in [0.717, 1.165) is 42.1 Å². The van der Waals surface area contributed by atoms with E-state index in [1.807, 2.05) is 12.1 Å². The molecule has 0 aromatic heterocycles. The predicted octanol–water partition coefficient (Wildman–Crippen LogP) is 1.10. The predicted molar refractivity (Wildman–Crippen MR) is 136 cm³/mol. The lowest BCUT2D eigenvalue weighted by Gasteiger charge is -2.38. The molecule has 2 aromatic carbocycles. The van der Waals surface area contributed by atoms with Gasteiger partial charge >= 0.3 is 0 Å². The van der Waals surface area contributed by atoms with Gasteiger partial charge < -0.3 is 20.1 Å². The molecule has 2 amide bonds. The van der Waals surface area contributed by atoms with E-state index in [2.05, 4.69) is 34.2 Å². The molecule has 0 bridgehead atoms. The number of Topliss-reactive ketones (excluding diaryl/α,β-unsaturated/α-hetero) is 1. The molecule has 3 rings (SSSR count). The first kappa shape index (κ1) is 27.1. The maximum atomic E-state index is 13.0. The number of likely N-dealkylation sites (N-methyl/N-ethyl adjacent to an activating group) is 2. The Morgan fingerprint density at radius 2 is 1.64 bits per heavy atom. The number of likely N-dealkylation sites (tertiary alicyclic amines) is 1. The number of methoxy groups -OCH3 is 1. The van der Waals surface area contributed by atoms with Crippen molar-refractivity contribution in [2.45, 2.75) is 25.0 Å². The van der Waals surface area contributed by atoms with Crippen LogP contribution in [-0.4, -0.2) is 91.6 Å². The summed E-state index contributed by atoms with van der Waals surface area (Å²) in [5.41, 5.74) is 1.35. The van der Waals surface area contributed by atoms with Crippen molar-refractivity contribution < 1.29 is 24.2 Å². The smallest absolute Gasteiger partial charge is 0.254 e. The molecule has 0 unspecified atom stereocenters. The van der Waals surface area contributed by atoms with Gasteiger partial charge in [-0.05, 0) is 55.3 Å². The van der Waals surface area contributed by atoms with Gasteiger partial charge in [0.1, 0.15) is 6.61 Å². The molecule has 1 fully saturated rings. The van der Waals surface area contributed by atoms with Crippen LogP contribution in [0.15, 0.2) is 48.5 Å². The van der Waals surface area contributed by atoms with Gasteiger partial charge in [-0.25, -0.2) is 0 Å². The number of nitrogens with one attached hydrogen (secondary N) is 1. The third-order valence-corrected chi connectivity index (χ3v) is 6.74. The molecule has 8 nitrogen and oxygen atoms in total. The van der Waals surface area contributed by atoms with Crippen molar-refractivity contribution in [2.75, 3.05) is 47.4 Å². The monoisotopic (exact) mass is 491 g/mol. The van der Waals surface area contributed by atoms with Crippen molar-refractivity contribution in [3.05, 3.63) is 70.8 Å². The Hall–Kier alpha value is -3.51. The van der Waals surface area contributed by atoms with E-state index >= 15 is 0 Å². The van der Waals surface area contributed by atoms with Crippen LogP contribution in [0.2, 0.25) is 0 Å². The van der Waals surface area contributed by atoms with Crippen molar-refractivity contribution >= 4 is 17.6 Å². The number of aliphatic hydroxyl groups excluding tert-OH is 1. The van der Waals surface area contributed by atoms with Gasteiger partial charge in [-0.1, -0.05) is 24.0 Å². The van der Waals surface area contributed by atoms with Crippen LogP contribution in [0, 0.1) is 11.8 Å². The molecule has 1 saturated heterocycles. The van der Waals surface area contributed by atoms with Gasteiger partial charge in [-0.15, -0.1) is 0 Å². The maximum Gasteiger partial charge on any atom is 0.254 e. The average molecular weight is 492 g/mol. The first-order chi connectivity index (χ1) is 17.2. The highest BCUT2D eigenvalue weighted by Crippen LogP contribution is 2.19. The van der Waals surface area contributed by atoms with Crippen molar-refractivity contribution in [3.63, 3.8) is 0 Å². The zero-order valence-corrected chi connectivity index (χ0v) is 21.2. The van der Waals surface area contributed by atoms with Crippen molar-refractivity contribution in [3.8, 4) is 11.8 Å². The lowest BCUT2D eigenvalue weighted by molar-refractivity contribution is -0.143. The van der Waals surface area contributed by atoms with E-state index in [1.165, 1.54) is 26.6 Å². The zero-order valence-electron chi connectivity index (χ0n) is 21.2. The summed E-state index contributed by atoms with van der Waals surface area (Å²) in [4.78, 5) is 41.0. The number of carbonyl (C=O) groups is 3. The van der Waals surface area contributed by atoms with E-state index in [4.69, 9.17) is 4.74 Å². The SMILES string of the molecule is CNC(=O)[C@@](C)(C(=O)CO)N(C)C(=O)c1ccc(C#Cc2ccc(CCN3CC(OC)C3)cc2)cc1. The van der Waals surface area contributed by atoms with E-state index in [0.29, 0.717) is 11.7 Å². The minimum absolute atomic E-state index is 0.298. The number of ketones is 1. The molecule has 1 aliphatic rings. The second-order valence-electron chi connectivity index (χ2n) is 8.99. The summed E-state index contributed by atoms with van der Waals surface area (Å²) in [6, 6.07) is 14.8. The molecule has 0 spiro atoms. The average Bonchev–Trinajstić information content (AvgIpc) is 2.89. The van der Waals surface area contributed by atoms with E-state index in [1.54, 1.807) is 31.4 Å². The van der Waals surface area contributed by atoms with Gasteiger partial charge in [0.15, 0.2) is 11.3 Å². The molecule has 0 radical (unpaired) electrons. The Bertz CT molecular complexity index is 1130. The zero-order chi connectivity index (χ0) is 26.3. The highest BCUT2D eigenvalue weighted by molar-refractivity contribution is 6.14. The Morgan fingerprint density at radius 3 is 2.14 bits per heavy atom. The molecule has 2 aromatic rings. The second kappa shape index (κ2) is 12.0. The number of hydrogen-bond acceptors (Lipinski definition) is 6. The number of amides is 2. The Morgan fingerprint density at radius 1 is 1.08 bits per heavy atom. The molecule has 1 heterocycles. The third-order valence-electron chi connectivity index (χ3n) is 6.74. The molecular weight excluding hydrogens is 458 g/mol. The fourth-order valence-electron chi connectivity index (χ4n) is 4.00. The Labute approximate surface area is 212 Å². The summed E-state index contributed by atoms with van der Waals surface area (Å²) in [7, 11) is 4.49. The van der Waals surface area contributed by atoms with Gasteiger partial charge in [-0.3, -0.25) is 19.3 Å². The molecule has 0 aliphatic carbocycles. The van der Waals surface area contributed by atoms with Gasteiger partial charge in [0.25, 0.3) is 11.8 Å². The fourth-order valence-corrected chi connectivity index (χ4v) is 4.00. The number of aliphatic hydroxyl groups is 1. The van der Waals surface area contributed by atoms with Crippen LogP contribution >= 0.6 is 0 Å². The first-order valence-corrected chi connectivity index (χ1v) is 11.8. The lowest BCUT2D eigenvalue weighted by Crippen LogP contribution is -2.62. The van der Waals surface area contributed by atoms with Crippen LogP contribution in [0.5, 0.6) is 0 Å².